The van der Waals surface area contributed by atoms with E-state index < -0.39 is 10.5 Å². The van der Waals surface area contributed by atoms with Crippen LogP contribution in [0.3, 0.4) is 0 Å². The smallest absolute Gasteiger partial charge is 0.299 e. The number of azo groups is 1. The number of nitro groups is 1. The van der Waals surface area contributed by atoms with E-state index in [0.717, 1.165) is 23.8 Å². The molecule has 0 amide bonds. The third-order valence-electron chi connectivity index (χ3n) is 3.73. The standard InChI is InChI=1S/C17H15N5O4/c1-10-4-3-5-12(8-10)21-17(24)16(11(2)20-21)19-18-14-9-13(22(25)26)6-7-15(14)23/h3-9,20,23H,1-2H3. The molecule has 3 aromatic rings. The molecule has 9 nitrogen and oxygen atoms in total. The van der Waals surface area contributed by atoms with Gasteiger partial charge in [0.05, 0.1) is 16.3 Å². The Labute approximate surface area is 147 Å². The minimum Gasteiger partial charge on any atom is -0.506 e. The average molecular weight is 353 g/mol. The Kier molecular flexibility index (Phi) is 4.36. The molecule has 1 aromatic heterocycles. The highest BCUT2D eigenvalue weighted by Crippen LogP contribution is 2.31. The SMILES string of the molecule is Cc1cccc(-n2[nH]c(C)c(N=Nc3cc([N+](=O)[O-])ccc3O)c2=O)c1. The highest BCUT2D eigenvalue weighted by atomic mass is 16.6. The number of nitrogens with zero attached hydrogens (tertiary/aromatic N) is 4. The molecular formula is C17H15N5O4. The van der Waals surface area contributed by atoms with E-state index in [1.54, 1.807) is 13.0 Å². The van der Waals surface area contributed by atoms with Gasteiger partial charge in [-0.15, -0.1) is 10.2 Å². The zero-order chi connectivity index (χ0) is 18.8. The van der Waals surface area contributed by atoms with E-state index in [-0.39, 0.29) is 22.8 Å². The molecule has 2 N–H and O–H groups in total. The van der Waals surface area contributed by atoms with Gasteiger partial charge in [0.25, 0.3) is 11.2 Å². The van der Waals surface area contributed by atoms with E-state index in [4.69, 9.17) is 0 Å². The molecule has 0 unspecified atom stereocenters. The molecule has 9 heteroatoms. The fourth-order valence-corrected chi connectivity index (χ4v) is 2.41. The molecule has 3 rings (SSSR count). The van der Waals surface area contributed by atoms with Crippen molar-refractivity contribution in [2.24, 2.45) is 10.2 Å². The molecule has 0 saturated carbocycles. The van der Waals surface area contributed by atoms with Gasteiger partial charge in [0.1, 0.15) is 11.4 Å². The van der Waals surface area contributed by atoms with Crippen molar-refractivity contribution in [1.29, 1.82) is 0 Å². The average Bonchev–Trinajstić information content (AvgIpc) is 2.88. The van der Waals surface area contributed by atoms with Gasteiger partial charge in [-0.3, -0.25) is 20.0 Å². The van der Waals surface area contributed by atoms with Gasteiger partial charge in [-0.1, -0.05) is 12.1 Å². The fraction of sp³-hybridized carbons (Fsp3) is 0.118. The number of hydrogen-bond acceptors (Lipinski definition) is 6. The van der Waals surface area contributed by atoms with E-state index in [2.05, 4.69) is 15.3 Å². The lowest BCUT2D eigenvalue weighted by Crippen LogP contribution is -2.14. The molecule has 0 bridgehead atoms. The van der Waals surface area contributed by atoms with Crippen molar-refractivity contribution in [3.8, 4) is 11.4 Å². The summed E-state index contributed by atoms with van der Waals surface area (Å²) in [5.74, 6) is -0.272. The number of aryl methyl sites for hydroxylation is 2. The first-order valence-electron chi connectivity index (χ1n) is 7.64. The molecule has 0 radical (unpaired) electrons. The van der Waals surface area contributed by atoms with Crippen LogP contribution < -0.4 is 5.56 Å². The van der Waals surface area contributed by atoms with Crippen molar-refractivity contribution in [2.45, 2.75) is 13.8 Å². The maximum Gasteiger partial charge on any atom is 0.299 e. The first-order valence-corrected chi connectivity index (χ1v) is 7.64. The lowest BCUT2D eigenvalue weighted by Gasteiger charge is -2.01. The lowest BCUT2D eigenvalue weighted by atomic mass is 10.2. The zero-order valence-corrected chi connectivity index (χ0v) is 14.0. The number of hydrogen-bond donors (Lipinski definition) is 2. The van der Waals surface area contributed by atoms with Gasteiger partial charge >= 0.3 is 0 Å². The third-order valence-corrected chi connectivity index (χ3v) is 3.73. The lowest BCUT2D eigenvalue weighted by molar-refractivity contribution is -0.384. The number of aromatic amines is 1. The van der Waals surface area contributed by atoms with Crippen LogP contribution in [-0.4, -0.2) is 19.8 Å². The second kappa shape index (κ2) is 6.63. The summed E-state index contributed by atoms with van der Waals surface area (Å²) in [5.41, 5.74) is 1.43. The molecule has 0 fully saturated rings. The van der Waals surface area contributed by atoms with Crippen LogP contribution >= 0.6 is 0 Å². The molecule has 26 heavy (non-hydrogen) atoms. The van der Waals surface area contributed by atoms with Crippen LogP contribution in [0.5, 0.6) is 5.75 Å². The predicted octanol–water partition coefficient (Wildman–Crippen LogP) is 3.81. The van der Waals surface area contributed by atoms with Crippen LogP contribution in [-0.2, 0) is 0 Å². The maximum atomic E-state index is 12.6. The van der Waals surface area contributed by atoms with Crippen LogP contribution in [0.1, 0.15) is 11.3 Å². The van der Waals surface area contributed by atoms with Crippen molar-refractivity contribution < 1.29 is 10.0 Å². The number of aromatic nitrogens is 2. The monoisotopic (exact) mass is 353 g/mol. The summed E-state index contributed by atoms with van der Waals surface area (Å²) < 4.78 is 1.34. The van der Waals surface area contributed by atoms with E-state index >= 15 is 0 Å². The maximum absolute atomic E-state index is 12.6. The largest absolute Gasteiger partial charge is 0.506 e. The van der Waals surface area contributed by atoms with Gasteiger partial charge in [-0.05, 0) is 37.6 Å². The second-order valence-corrected chi connectivity index (χ2v) is 5.70. The first kappa shape index (κ1) is 17.1. The van der Waals surface area contributed by atoms with Crippen LogP contribution in [0.15, 0.2) is 57.5 Å². The highest BCUT2D eigenvalue weighted by Gasteiger charge is 2.14. The number of aromatic hydroxyl groups is 1. The molecule has 0 aliphatic carbocycles. The van der Waals surface area contributed by atoms with E-state index in [0.29, 0.717) is 11.4 Å². The number of nitro benzene ring substituents is 1. The summed E-state index contributed by atoms with van der Waals surface area (Å²) in [5, 5.41) is 31.2. The Bertz CT molecular complexity index is 1080. The Hall–Kier alpha value is -3.75. The summed E-state index contributed by atoms with van der Waals surface area (Å²) in [7, 11) is 0. The molecule has 0 spiro atoms. The molecular weight excluding hydrogens is 338 g/mol. The van der Waals surface area contributed by atoms with Crippen molar-refractivity contribution in [3.05, 3.63) is 74.2 Å². The number of rotatable bonds is 4. The van der Waals surface area contributed by atoms with Gasteiger partial charge in [-0.2, -0.15) is 0 Å². The van der Waals surface area contributed by atoms with E-state index in [1.807, 2.05) is 25.1 Å². The molecule has 132 valence electrons. The van der Waals surface area contributed by atoms with Crippen LogP contribution in [0.4, 0.5) is 17.1 Å². The van der Waals surface area contributed by atoms with E-state index in [1.165, 1.54) is 4.68 Å². The topological polar surface area (TPSA) is 126 Å². The molecule has 0 aliphatic rings. The normalized spacial score (nSPS) is 11.2. The number of benzene rings is 2. The van der Waals surface area contributed by atoms with Gasteiger partial charge in [-0.25, -0.2) is 4.68 Å². The van der Waals surface area contributed by atoms with Crippen molar-refractivity contribution in [3.63, 3.8) is 0 Å². The first-order chi connectivity index (χ1) is 12.4. The third kappa shape index (κ3) is 3.22. The number of phenolic OH excluding ortho intramolecular Hbond substituents is 1. The van der Waals surface area contributed by atoms with Gasteiger partial charge in [0, 0.05) is 12.1 Å². The molecule has 0 aliphatic heterocycles. The zero-order valence-electron chi connectivity index (χ0n) is 14.0. The number of nitrogens with one attached hydrogen (secondary N) is 1. The fourth-order valence-electron chi connectivity index (χ4n) is 2.41. The summed E-state index contributed by atoms with van der Waals surface area (Å²) in [6, 6.07) is 10.7. The Morgan fingerprint density at radius 1 is 1.15 bits per heavy atom. The van der Waals surface area contributed by atoms with Crippen LogP contribution in [0, 0.1) is 24.0 Å². The molecule has 2 aromatic carbocycles. The number of H-pyrrole nitrogens is 1. The van der Waals surface area contributed by atoms with Crippen LogP contribution in [0.25, 0.3) is 5.69 Å². The van der Waals surface area contributed by atoms with Gasteiger partial charge in [0.2, 0.25) is 0 Å². The molecule has 0 atom stereocenters. The van der Waals surface area contributed by atoms with Gasteiger partial charge in [0.15, 0.2) is 5.69 Å². The number of non-ortho nitro benzene ring substituents is 1. The van der Waals surface area contributed by atoms with Crippen LogP contribution in [0.2, 0.25) is 0 Å². The summed E-state index contributed by atoms with van der Waals surface area (Å²) >= 11 is 0. The quantitative estimate of drug-likeness (QED) is 0.420. The minimum absolute atomic E-state index is 0.0532. The Morgan fingerprint density at radius 2 is 1.92 bits per heavy atom. The highest BCUT2D eigenvalue weighted by molar-refractivity contribution is 5.57. The molecule has 0 saturated heterocycles. The van der Waals surface area contributed by atoms with Crippen molar-refractivity contribution in [2.75, 3.05) is 0 Å². The van der Waals surface area contributed by atoms with Gasteiger partial charge < -0.3 is 5.11 Å². The minimum atomic E-state index is -0.606. The second-order valence-electron chi connectivity index (χ2n) is 5.70. The summed E-state index contributed by atoms with van der Waals surface area (Å²) in [6.45, 7) is 3.57. The summed E-state index contributed by atoms with van der Waals surface area (Å²) in [4.78, 5) is 22.8. The van der Waals surface area contributed by atoms with E-state index in [9.17, 15) is 20.0 Å². The number of phenols is 1. The van der Waals surface area contributed by atoms with Crippen molar-refractivity contribution in [1.82, 2.24) is 9.78 Å². The summed E-state index contributed by atoms with van der Waals surface area (Å²) in [6.07, 6.45) is 0. The Balaban J connectivity index is 2.02. The molecule has 1 heterocycles. The Morgan fingerprint density at radius 3 is 2.62 bits per heavy atom. The predicted molar refractivity (Wildman–Crippen MR) is 94.8 cm³/mol. The van der Waals surface area contributed by atoms with Crippen molar-refractivity contribution >= 4 is 17.1 Å².